The predicted molar refractivity (Wildman–Crippen MR) is 81.7 cm³/mol. The summed E-state index contributed by atoms with van der Waals surface area (Å²) < 4.78 is 4.78. The summed E-state index contributed by atoms with van der Waals surface area (Å²) in [6.45, 7) is 0.346. The van der Waals surface area contributed by atoms with Crippen LogP contribution in [0, 0.1) is 0 Å². The van der Waals surface area contributed by atoms with E-state index in [0.29, 0.717) is 5.69 Å². The van der Waals surface area contributed by atoms with E-state index in [1.807, 2.05) is 36.4 Å². The van der Waals surface area contributed by atoms with E-state index in [9.17, 15) is 9.90 Å². The van der Waals surface area contributed by atoms with E-state index in [2.05, 4.69) is 10.3 Å². The summed E-state index contributed by atoms with van der Waals surface area (Å²) in [5.41, 5.74) is 1.59. The molecule has 5 heteroatoms. The molecular formula is C16H18N2O3. The van der Waals surface area contributed by atoms with Crippen LogP contribution >= 0.6 is 0 Å². The first kappa shape index (κ1) is 15.2. The van der Waals surface area contributed by atoms with E-state index >= 15 is 0 Å². The molecule has 1 amide bonds. The molecule has 2 aromatic rings. The number of rotatable bonds is 6. The highest BCUT2D eigenvalue weighted by molar-refractivity contribution is 5.91. The van der Waals surface area contributed by atoms with Crippen molar-refractivity contribution in [2.75, 3.05) is 20.3 Å². The van der Waals surface area contributed by atoms with E-state index in [1.54, 1.807) is 6.08 Å². The third-order valence-electron chi connectivity index (χ3n) is 2.90. The third kappa shape index (κ3) is 4.66. The van der Waals surface area contributed by atoms with Gasteiger partial charge in [-0.2, -0.15) is 0 Å². The number of para-hydroxylation sites is 1. The van der Waals surface area contributed by atoms with Gasteiger partial charge in [-0.1, -0.05) is 24.3 Å². The molecule has 0 aliphatic carbocycles. The third-order valence-corrected chi connectivity index (χ3v) is 2.90. The van der Waals surface area contributed by atoms with Crippen LogP contribution < -0.4 is 5.32 Å². The molecule has 0 aliphatic rings. The zero-order valence-corrected chi connectivity index (χ0v) is 11.8. The lowest BCUT2D eigenvalue weighted by Gasteiger charge is -2.08. The van der Waals surface area contributed by atoms with Crippen LogP contribution in [0.15, 0.2) is 42.5 Å². The Hall–Kier alpha value is -2.24. The molecule has 0 saturated heterocycles. The van der Waals surface area contributed by atoms with E-state index in [-0.39, 0.29) is 19.1 Å². The zero-order chi connectivity index (χ0) is 15.1. The first-order valence-corrected chi connectivity index (χ1v) is 6.68. The first-order chi connectivity index (χ1) is 10.2. The van der Waals surface area contributed by atoms with E-state index < -0.39 is 6.10 Å². The Balaban J connectivity index is 1.94. The fraction of sp³-hybridized carbons (Fsp3) is 0.250. The van der Waals surface area contributed by atoms with Crippen molar-refractivity contribution >= 4 is 22.9 Å². The maximum atomic E-state index is 11.6. The Morgan fingerprint density at radius 2 is 2.19 bits per heavy atom. The summed E-state index contributed by atoms with van der Waals surface area (Å²) in [6, 6.07) is 11.6. The van der Waals surface area contributed by atoms with Crippen molar-refractivity contribution < 1.29 is 14.6 Å². The Morgan fingerprint density at radius 3 is 3.00 bits per heavy atom. The fourth-order valence-corrected chi connectivity index (χ4v) is 1.86. The molecule has 0 fully saturated rings. The maximum Gasteiger partial charge on any atom is 0.244 e. The van der Waals surface area contributed by atoms with Gasteiger partial charge in [0, 0.05) is 25.1 Å². The monoisotopic (exact) mass is 286 g/mol. The van der Waals surface area contributed by atoms with E-state index in [4.69, 9.17) is 4.74 Å². The van der Waals surface area contributed by atoms with Crippen LogP contribution in [-0.4, -0.2) is 42.4 Å². The Labute approximate surface area is 123 Å². The molecule has 0 spiro atoms. The lowest BCUT2D eigenvalue weighted by atomic mass is 10.2. The number of aliphatic hydroxyl groups excluding tert-OH is 1. The number of aromatic nitrogens is 1. The SMILES string of the molecule is COCC(O)CNC(=O)/C=C/c1ccc2ccccc2n1. The molecule has 1 aromatic carbocycles. The number of amides is 1. The quantitative estimate of drug-likeness (QED) is 0.787. The molecule has 1 unspecified atom stereocenters. The van der Waals surface area contributed by atoms with Gasteiger partial charge in [-0.05, 0) is 18.2 Å². The molecule has 2 rings (SSSR count). The minimum Gasteiger partial charge on any atom is -0.389 e. The van der Waals surface area contributed by atoms with Crippen LogP contribution in [-0.2, 0) is 9.53 Å². The Kier molecular flexibility index (Phi) is 5.43. The highest BCUT2D eigenvalue weighted by Crippen LogP contribution is 2.12. The molecule has 0 saturated carbocycles. The van der Waals surface area contributed by atoms with Crippen molar-refractivity contribution in [3.05, 3.63) is 48.2 Å². The predicted octanol–water partition coefficient (Wildman–Crippen LogP) is 1.37. The van der Waals surface area contributed by atoms with Gasteiger partial charge in [0.05, 0.1) is 23.9 Å². The van der Waals surface area contributed by atoms with Gasteiger partial charge in [0.25, 0.3) is 0 Å². The molecule has 110 valence electrons. The molecule has 0 aliphatic heterocycles. The van der Waals surface area contributed by atoms with Crippen LogP contribution in [0.1, 0.15) is 5.69 Å². The van der Waals surface area contributed by atoms with Crippen LogP contribution in [0.3, 0.4) is 0 Å². The Morgan fingerprint density at radius 1 is 1.38 bits per heavy atom. The fourth-order valence-electron chi connectivity index (χ4n) is 1.86. The van der Waals surface area contributed by atoms with E-state index in [0.717, 1.165) is 10.9 Å². The van der Waals surface area contributed by atoms with Gasteiger partial charge in [-0.3, -0.25) is 4.79 Å². The van der Waals surface area contributed by atoms with Crippen molar-refractivity contribution in [1.29, 1.82) is 0 Å². The second-order valence-corrected chi connectivity index (χ2v) is 4.62. The van der Waals surface area contributed by atoms with Crippen LogP contribution in [0.5, 0.6) is 0 Å². The normalized spacial score (nSPS) is 12.7. The number of carbonyl (C=O) groups excluding carboxylic acids is 1. The topological polar surface area (TPSA) is 71.5 Å². The number of hydrogen-bond donors (Lipinski definition) is 2. The van der Waals surface area contributed by atoms with Gasteiger partial charge in [0.15, 0.2) is 0 Å². The minimum absolute atomic E-state index is 0.155. The minimum atomic E-state index is -0.703. The van der Waals surface area contributed by atoms with Gasteiger partial charge in [0.2, 0.25) is 5.91 Å². The van der Waals surface area contributed by atoms with Crippen LogP contribution in [0.4, 0.5) is 0 Å². The highest BCUT2D eigenvalue weighted by atomic mass is 16.5. The molecule has 0 radical (unpaired) electrons. The van der Waals surface area contributed by atoms with Crippen molar-refractivity contribution in [3.8, 4) is 0 Å². The average molecular weight is 286 g/mol. The number of carbonyl (C=O) groups is 1. The molecule has 2 N–H and O–H groups in total. The number of hydrogen-bond acceptors (Lipinski definition) is 4. The van der Waals surface area contributed by atoms with Crippen LogP contribution in [0.25, 0.3) is 17.0 Å². The molecule has 1 atom stereocenters. The lowest BCUT2D eigenvalue weighted by Crippen LogP contribution is -2.33. The van der Waals surface area contributed by atoms with Gasteiger partial charge in [0.1, 0.15) is 0 Å². The Bertz CT molecular complexity index is 640. The largest absolute Gasteiger partial charge is 0.389 e. The maximum absolute atomic E-state index is 11.6. The lowest BCUT2D eigenvalue weighted by molar-refractivity contribution is -0.117. The zero-order valence-electron chi connectivity index (χ0n) is 11.8. The summed E-state index contributed by atoms with van der Waals surface area (Å²) in [7, 11) is 1.50. The van der Waals surface area contributed by atoms with Crippen molar-refractivity contribution in [2.45, 2.75) is 6.10 Å². The molecule has 1 aromatic heterocycles. The number of methoxy groups -OCH3 is 1. The van der Waals surface area contributed by atoms with Gasteiger partial charge < -0.3 is 15.2 Å². The summed E-state index contributed by atoms with van der Waals surface area (Å²) in [5.74, 6) is -0.278. The number of fused-ring (bicyclic) bond motifs is 1. The standard InChI is InChI=1S/C16H18N2O3/c1-21-11-14(19)10-17-16(20)9-8-13-7-6-12-4-2-3-5-15(12)18-13/h2-9,14,19H,10-11H2,1H3,(H,17,20)/b9-8+. The van der Waals surface area contributed by atoms with E-state index in [1.165, 1.54) is 13.2 Å². The first-order valence-electron chi connectivity index (χ1n) is 6.68. The van der Waals surface area contributed by atoms with Gasteiger partial charge in [-0.15, -0.1) is 0 Å². The molecule has 1 heterocycles. The van der Waals surface area contributed by atoms with Gasteiger partial charge >= 0.3 is 0 Å². The number of pyridine rings is 1. The summed E-state index contributed by atoms with van der Waals surface area (Å²) in [6.07, 6.45) is 2.34. The summed E-state index contributed by atoms with van der Waals surface area (Å²) >= 11 is 0. The second-order valence-electron chi connectivity index (χ2n) is 4.62. The molecular weight excluding hydrogens is 268 g/mol. The second kappa shape index (κ2) is 7.52. The van der Waals surface area contributed by atoms with Crippen molar-refractivity contribution in [2.24, 2.45) is 0 Å². The number of ether oxygens (including phenoxy) is 1. The molecule has 0 bridgehead atoms. The van der Waals surface area contributed by atoms with Crippen molar-refractivity contribution in [3.63, 3.8) is 0 Å². The smallest absolute Gasteiger partial charge is 0.244 e. The number of aliphatic hydroxyl groups is 1. The average Bonchev–Trinajstić information content (AvgIpc) is 2.51. The number of nitrogens with zero attached hydrogens (tertiary/aromatic N) is 1. The highest BCUT2D eigenvalue weighted by Gasteiger charge is 2.04. The van der Waals surface area contributed by atoms with Gasteiger partial charge in [-0.25, -0.2) is 4.98 Å². The molecule has 21 heavy (non-hydrogen) atoms. The molecule has 5 nitrogen and oxygen atoms in total. The summed E-state index contributed by atoms with van der Waals surface area (Å²) in [4.78, 5) is 16.0. The number of benzene rings is 1. The van der Waals surface area contributed by atoms with Crippen LogP contribution in [0.2, 0.25) is 0 Å². The summed E-state index contributed by atoms with van der Waals surface area (Å²) in [5, 5.41) is 13.1. The van der Waals surface area contributed by atoms with Crippen molar-refractivity contribution in [1.82, 2.24) is 10.3 Å². The number of nitrogens with one attached hydrogen (secondary N) is 1.